The minimum absolute atomic E-state index is 0.0272. The lowest BCUT2D eigenvalue weighted by atomic mass is 9.33. The van der Waals surface area contributed by atoms with Crippen LogP contribution < -0.4 is 4.74 Å². The van der Waals surface area contributed by atoms with Crippen LogP contribution in [0.25, 0.3) is 0 Å². The average Bonchev–Trinajstić information content (AvgIpc) is 3.64. The van der Waals surface area contributed by atoms with Gasteiger partial charge in [-0.25, -0.2) is 0 Å². The zero-order valence-electron chi connectivity index (χ0n) is 21.2. The zero-order chi connectivity index (χ0) is 24.5. The number of pyridine rings is 1. The molecule has 5 aliphatic carbocycles. The largest absolute Gasteiger partial charge is 0.504 e. The Balaban J connectivity index is 1.36. The summed E-state index contributed by atoms with van der Waals surface area (Å²) in [5, 5.41) is 23.3. The van der Waals surface area contributed by atoms with Crippen LogP contribution in [-0.4, -0.2) is 58.0 Å². The highest BCUT2D eigenvalue weighted by molar-refractivity contribution is 5.63. The van der Waals surface area contributed by atoms with Gasteiger partial charge in [-0.05, 0) is 88.1 Å². The Kier molecular flexibility index (Phi) is 4.15. The Labute approximate surface area is 212 Å². The molecule has 2 aliphatic heterocycles. The van der Waals surface area contributed by atoms with Crippen molar-refractivity contribution in [1.82, 2.24) is 9.88 Å². The molecule has 0 amide bonds. The van der Waals surface area contributed by atoms with Crippen molar-refractivity contribution in [3.8, 4) is 11.5 Å². The Bertz CT molecular complexity index is 1250. The number of fused-ring (bicyclic) bond motifs is 2. The fourth-order valence-corrected chi connectivity index (χ4v) is 9.90. The van der Waals surface area contributed by atoms with Crippen LogP contribution in [-0.2, 0) is 22.2 Å². The quantitative estimate of drug-likeness (QED) is 0.665. The number of aliphatic hydroxyl groups is 1. The number of benzene rings is 1. The normalized spacial score (nSPS) is 41.5. The summed E-state index contributed by atoms with van der Waals surface area (Å²) in [6, 6.07) is 10.2. The second kappa shape index (κ2) is 6.83. The summed E-state index contributed by atoms with van der Waals surface area (Å²) < 4.78 is 13.5. The van der Waals surface area contributed by atoms with Gasteiger partial charge in [0.25, 0.3) is 0 Å². The number of likely N-dealkylation sites (tertiary alicyclic amines) is 1. The monoisotopic (exact) mass is 488 g/mol. The van der Waals surface area contributed by atoms with E-state index in [9.17, 15) is 10.2 Å². The summed E-state index contributed by atoms with van der Waals surface area (Å²) in [5.41, 5.74) is 1.25. The molecule has 3 heterocycles. The highest BCUT2D eigenvalue weighted by Gasteiger charge is 2.82. The van der Waals surface area contributed by atoms with Gasteiger partial charge in [0, 0.05) is 48.2 Å². The highest BCUT2D eigenvalue weighted by Crippen LogP contribution is 2.77. The molecule has 5 fully saturated rings. The van der Waals surface area contributed by atoms with Crippen molar-refractivity contribution in [2.45, 2.75) is 80.6 Å². The summed E-state index contributed by atoms with van der Waals surface area (Å²) in [6.07, 6.45) is 9.05. The molecule has 0 radical (unpaired) electrons. The molecule has 2 aromatic rings. The van der Waals surface area contributed by atoms with Crippen molar-refractivity contribution < 1.29 is 19.7 Å². The predicted molar refractivity (Wildman–Crippen MR) is 134 cm³/mol. The van der Waals surface area contributed by atoms with Crippen molar-refractivity contribution in [3.05, 3.63) is 53.3 Å². The maximum absolute atomic E-state index is 12.3. The summed E-state index contributed by atoms with van der Waals surface area (Å²) in [4.78, 5) is 7.41. The molecule has 6 nitrogen and oxygen atoms in total. The van der Waals surface area contributed by atoms with E-state index in [4.69, 9.17) is 9.47 Å². The van der Waals surface area contributed by atoms with E-state index in [1.165, 1.54) is 30.5 Å². The second-order valence-corrected chi connectivity index (χ2v) is 12.8. The number of aromatic nitrogens is 1. The highest BCUT2D eigenvalue weighted by atomic mass is 16.6. The van der Waals surface area contributed by atoms with E-state index >= 15 is 0 Å². The van der Waals surface area contributed by atoms with E-state index in [0.717, 1.165) is 44.6 Å². The van der Waals surface area contributed by atoms with E-state index in [1.807, 2.05) is 31.2 Å². The summed E-state index contributed by atoms with van der Waals surface area (Å²) in [5.74, 6) is 1.58. The molecule has 4 bridgehead atoms. The first kappa shape index (κ1) is 21.9. The fourth-order valence-electron chi connectivity index (χ4n) is 9.90. The van der Waals surface area contributed by atoms with Crippen LogP contribution in [0.15, 0.2) is 36.5 Å². The molecule has 1 aromatic carbocycles. The lowest BCUT2D eigenvalue weighted by Gasteiger charge is -2.75. The van der Waals surface area contributed by atoms with Gasteiger partial charge in [-0.2, -0.15) is 0 Å². The summed E-state index contributed by atoms with van der Waals surface area (Å²) in [6.45, 7) is 4.18. The molecular weight excluding hydrogens is 452 g/mol. The van der Waals surface area contributed by atoms with Crippen LogP contribution in [0.2, 0.25) is 0 Å². The van der Waals surface area contributed by atoms with Gasteiger partial charge in [0.1, 0.15) is 17.3 Å². The molecule has 36 heavy (non-hydrogen) atoms. The third kappa shape index (κ3) is 2.34. The van der Waals surface area contributed by atoms with Gasteiger partial charge in [-0.15, -0.1) is 0 Å². The number of aromatic hydroxyl groups is 1. The summed E-state index contributed by atoms with van der Waals surface area (Å²) >= 11 is 0. The molecule has 6 heteroatoms. The van der Waals surface area contributed by atoms with Crippen molar-refractivity contribution in [2.75, 3.05) is 20.2 Å². The lowest BCUT2D eigenvalue weighted by Crippen LogP contribution is -2.82. The van der Waals surface area contributed by atoms with Crippen molar-refractivity contribution in [3.63, 3.8) is 0 Å². The number of nitrogens with zero attached hydrogens (tertiary/aromatic N) is 2. The van der Waals surface area contributed by atoms with E-state index < -0.39 is 11.2 Å². The Hall–Kier alpha value is -2.15. The van der Waals surface area contributed by atoms with Gasteiger partial charge < -0.3 is 19.7 Å². The minimum Gasteiger partial charge on any atom is -0.504 e. The predicted octanol–water partition coefficient (Wildman–Crippen LogP) is 3.92. The first-order chi connectivity index (χ1) is 17.4. The SMILES string of the molecule is CO[C@]12CCC3(C[C@@H]1[C@@](C)(O)c1ccccn1)C1Cc4ccc(O)c5c4[C@@]3(CCN1CC1CC1)[C@@H]2O5. The van der Waals surface area contributed by atoms with Crippen LogP contribution in [0.1, 0.15) is 62.3 Å². The Morgan fingerprint density at radius 3 is 2.81 bits per heavy atom. The number of rotatable bonds is 5. The molecule has 1 saturated heterocycles. The van der Waals surface area contributed by atoms with Crippen LogP contribution in [0, 0.1) is 17.3 Å². The van der Waals surface area contributed by atoms with Crippen LogP contribution in [0.5, 0.6) is 11.5 Å². The number of phenolic OH excluding ortho intramolecular Hbond substituents is 1. The van der Waals surface area contributed by atoms with Gasteiger partial charge in [0.05, 0.1) is 5.69 Å². The molecule has 2 N–H and O–H groups in total. The maximum Gasteiger partial charge on any atom is 0.165 e. The topological polar surface area (TPSA) is 75.0 Å². The lowest BCUT2D eigenvalue weighted by molar-refractivity contribution is -0.304. The smallest absolute Gasteiger partial charge is 0.165 e. The number of phenols is 1. The maximum atomic E-state index is 12.3. The number of methoxy groups -OCH3 is 1. The molecule has 1 aromatic heterocycles. The third-order valence-electron chi connectivity index (χ3n) is 11.5. The molecule has 9 rings (SSSR count). The van der Waals surface area contributed by atoms with Crippen LogP contribution in [0.4, 0.5) is 0 Å². The number of hydrogen-bond donors (Lipinski definition) is 2. The second-order valence-electron chi connectivity index (χ2n) is 12.8. The van der Waals surface area contributed by atoms with Crippen molar-refractivity contribution in [2.24, 2.45) is 17.3 Å². The van der Waals surface area contributed by atoms with Crippen molar-refractivity contribution >= 4 is 0 Å². The number of ether oxygens (including phenoxy) is 2. The first-order valence-electron chi connectivity index (χ1n) is 13.8. The van der Waals surface area contributed by atoms with Crippen LogP contribution in [0.3, 0.4) is 0 Å². The third-order valence-corrected chi connectivity index (χ3v) is 11.5. The number of hydrogen-bond acceptors (Lipinski definition) is 6. The number of piperidine rings is 1. The van der Waals surface area contributed by atoms with Gasteiger partial charge in [-0.1, -0.05) is 12.1 Å². The van der Waals surface area contributed by atoms with Gasteiger partial charge in [-0.3, -0.25) is 9.88 Å². The van der Waals surface area contributed by atoms with E-state index in [1.54, 1.807) is 13.3 Å². The molecule has 2 unspecified atom stereocenters. The van der Waals surface area contributed by atoms with Crippen molar-refractivity contribution in [1.29, 1.82) is 0 Å². The Morgan fingerprint density at radius 2 is 2.06 bits per heavy atom. The van der Waals surface area contributed by atoms with Crippen LogP contribution >= 0.6 is 0 Å². The molecule has 7 aliphatic rings. The van der Waals surface area contributed by atoms with Gasteiger partial charge >= 0.3 is 0 Å². The molecular formula is C30H36N2O4. The van der Waals surface area contributed by atoms with E-state index in [0.29, 0.717) is 17.5 Å². The van der Waals surface area contributed by atoms with E-state index in [2.05, 4.69) is 16.0 Å². The fraction of sp³-hybridized carbons (Fsp3) is 0.633. The standard InChI is InChI=1S/C30H36N2O4/c1-27(34,22-5-3-4-13-31-22)21-16-28-10-11-30(21,35-2)26-29(28)12-14-32(17-18-6-7-18)23(28)15-19-8-9-20(33)25(36-26)24(19)29/h3-5,8-9,13,18,21,23,26,33-34H,6-7,10-12,14-17H2,1-2H3/t21-,23?,26+,27-,28?,29+,30-/m1/s1. The van der Waals surface area contributed by atoms with E-state index in [-0.39, 0.29) is 28.6 Å². The minimum atomic E-state index is -1.16. The zero-order valence-corrected chi connectivity index (χ0v) is 21.2. The van der Waals surface area contributed by atoms with Gasteiger partial charge in [0.15, 0.2) is 11.5 Å². The molecule has 7 atom stereocenters. The molecule has 2 spiro atoms. The summed E-state index contributed by atoms with van der Waals surface area (Å²) in [7, 11) is 1.80. The Morgan fingerprint density at radius 1 is 1.19 bits per heavy atom. The van der Waals surface area contributed by atoms with Gasteiger partial charge in [0.2, 0.25) is 0 Å². The molecule has 190 valence electrons. The first-order valence-corrected chi connectivity index (χ1v) is 13.8. The molecule has 4 saturated carbocycles. The average molecular weight is 489 g/mol.